The minimum Gasteiger partial charge on any atom is -0.497 e. The molecule has 5 atom stereocenters. The van der Waals surface area contributed by atoms with Crippen LogP contribution in [0.3, 0.4) is 0 Å². The summed E-state index contributed by atoms with van der Waals surface area (Å²) in [5, 5.41) is 18.8. The van der Waals surface area contributed by atoms with Gasteiger partial charge in [-0.3, -0.25) is 4.79 Å². The number of rotatable bonds is 8. The Hall–Kier alpha value is -3.21. The lowest BCUT2D eigenvalue weighted by atomic mass is 10.1. The largest absolute Gasteiger partial charge is 0.497 e. The van der Waals surface area contributed by atoms with Crippen molar-refractivity contribution in [3.63, 3.8) is 0 Å². The van der Waals surface area contributed by atoms with E-state index in [1.807, 2.05) is 0 Å². The number of carbonyl (C=O) groups excluding carboxylic acids is 2. The van der Waals surface area contributed by atoms with Crippen LogP contribution < -0.4 is 20.7 Å². The third-order valence-corrected chi connectivity index (χ3v) is 5.91. The molecule has 4 N–H and O–H groups in total. The number of hydrogen-bond donors (Lipinski definition) is 4. The third-order valence-electron chi connectivity index (χ3n) is 5.91. The maximum Gasteiger partial charge on any atom is 0.319 e. The van der Waals surface area contributed by atoms with Crippen molar-refractivity contribution in [2.75, 3.05) is 19.0 Å². The van der Waals surface area contributed by atoms with Crippen LogP contribution in [0.4, 0.5) is 14.9 Å². The van der Waals surface area contributed by atoms with E-state index in [0.29, 0.717) is 24.4 Å². The molecule has 2 saturated heterocycles. The quantitative estimate of drug-likeness (QED) is 0.466. The molecule has 0 spiro atoms. The van der Waals surface area contributed by atoms with Gasteiger partial charge in [0, 0.05) is 25.2 Å². The molecule has 2 heterocycles. The van der Waals surface area contributed by atoms with E-state index in [1.165, 1.54) is 12.1 Å². The van der Waals surface area contributed by atoms with Gasteiger partial charge >= 0.3 is 6.03 Å². The Bertz CT molecular complexity index is 987. The molecule has 4 rings (SSSR count). The number of carbonyl (C=O) groups is 2. The smallest absolute Gasteiger partial charge is 0.319 e. The van der Waals surface area contributed by atoms with Crippen molar-refractivity contribution in [3.8, 4) is 5.75 Å². The Morgan fingerprint density at radius 2 is 1.82 bits per heavy atom. The number of aliphatic hydroxyl groups excluding tert-OH is 1. The van der Waals surface area contributed by atoms with E-state index in [1.54, 1.807) is 43.5 Å². The average Bonchev–Trinajstić information content (AvgIpc) is 3.35. The SMILES string of the molecule is COc1ccc(NC(=O)NCC2OC3CC(CC(=O)NCc4ccc(F)cc4)OC3C2O)cc1. The second-order valence-corrected chi connectivity index (χ2v) is 8.33. The number of benzene rings is 2. The van der Waals surface area contributed by atoms with E-state index in [9.17, 15) is 19.1 Å². The number of ether oxygens (including phenoxy) is 3. The van der Waals surface area contributed by atoms with Gasteiger partial charge in [-0.05, 0) is 42.0 Å². The summed E-state index contributed by atoms with van der Waals surface area (Å²) < 4.78 is 29.8. The minimum atomic E-state index is -0.918. The standard InChI is InChI=1S/C24H28FN3O6/c1-32-17-8-6-16(7-9-17)28-24(31)27-13-20-22(30)23-19(34-20)10-18(33-23)11-21(29)26-12-14-2-4-15(25)5-3-14/h2-9,18-20,22-23,30H,10-13H2,1H3,(H,26,29)(H2,27,28,31). The molecule has 9 nitrogen and oxygen atoms in total. The molecule has 0 aromatic heterocycles. The number of urea groups is 1. The summed E-state index contributed by atoms with van der Waals surface area (Å²) in [6.45, 7) is 0.409. The van der Waals surface area contributed by atoms with Crippen molar-refractivity contribution in [1.29, 1.82) is 0 Å². The fourth-order valence-electron chi connectivity index (χ4n) is 4.13. The van der Waals surface area contributed by atoms with Crippen molar-refractivity contribution < 1.29 is 33.3 Å². The van der Waals surface area contributed by atoms with Crippen LogP contribution in [0.25, 0.3) is 0 Å². The van der Waals surface area contributed by atoms with Crippen LogP contribution in [0.1, 0.15) is 18.4 Å². The highest BCUT2D eigenvalue weighted by atomic mass is 19.1. The van der Waals surface area contributed by atoms with Gasteiger partial charge in [0.2, 0.25) is 5.91 Å². The molecule has 2 aromatic rings. The molecule has 2 fully saturated rings. The van der Waals surface area contributed by atoms with Gasteiger partial charge < -0.3 is 35.3 Å². The van der Waals surface area contributed by atoms with Crippen LogP contribution in [-0.2, 0) is 20.8 Å². The van der Waals surface area contributed by atoms with E-state index in [2.05, 4.69) is 16.0 Å². The molecule has 0 radical (unpaired) electrons. The van der Waals surface area contributed by atoms with E-state index in [-0.39, 0.29) is 36.9 Å². The van der Waals surface area contributed by atoms with Crippen molar-refractivity contribution in [1.82, 2.24) is 10.6 Å². The van der Waals surface area contributed by atoms with Crippen LogP contribution in [0, 0.1) is 5.82 Å². The Kier molecular flexibility index (Phi) is 7.61. The molecule has 0 saturated carbocycles. The second-order valence-electron chi connectivity index (χ2n) is 8.33. The molecule has 10 heteroatoms. The fourth-order valence-corrected chi connectivity index (χ4v) is 4.13. The van der Waals surface area contributed by atoms with Gasteiger partial charge in [-0.15, -0.1) is 0 Å². The van der Waals surface area contributed by atoms with Gasteiger partial charge in [0.15, 0.2) is 0 Å². The van der Waals surface area contributed by atoms with Crippen molar-refractivity contribution in [2.24, 2.45) is 0 Å². The summed E-state index contributed by atoms with van der Waals surface area (Å²) in [6.07, 6.45) is -2.18. The molecule has 0 aliphatic carbocycles. The van der Waals surface area contributed by atoms with Crippen LogP contribution in [0.2, 0.25) is 0 Å². The molecule has 2 aliphatic rings. The topological polar surface area (TPSA) is 118 Å². The zero-order valence-electron chi connectivity index (χ0n) is 18.7. The Balaban J connectivity index is 1.17. The highest BCUT2D eigenvalue weighted by Crippen LogP contribution is 2.35. The summed E-state index contributed by atoms with van der Waals surface area (Å²) in [5.74, 6) is 0.159. The molecular formula is C24H28FN3O6. The van der Waals surface area contributed by atoms with E-state index in [4.69, 9.17) is 14.2 Å². The molecule has 2 aliphatic heterocycles. The van der Waals surface area contributed by atoms with Gasteiger partial charge in [-0.25, -0.2) is 9.18 Å². The van der Waals surface area contributed by atoms with Crippen molar-refractivity contribution in [3.05, 3.63) is 59.9 Å². The highest BCUT2D eigenvalue weighted by molar-refractivity contribution is 5.89. The highest BCUT2D eigenvalue weighted by Gasteiger charge is 2.50. The average molecular weight is 474 g/mol. The molecule has 34 heavy (non-hydrogen) atoms. The van der Waals surface area contributed by atoms with Gasteiger partial charge in [0.1, 0.15) is 29.9 Å². The Labute approximate surface area is 196 Å². The van der Waals surface area contributed by atoms with Crippen LogP contribution in [0.15, 0.2) is 48.5 Å². The summed E-state index contributed by atoms with van der Waals surface area (Å²) in [5.41, 5.74) is 1.40. The van der Waals surface area contributed by atoms with E-state index >= 15 is 0 Å². The van der Waals surface area contributed by atoms with Crippen LogP contribution >= 0.6 is 0 Å². The zero-order valence-corrected chi connectivity index (χ0v) is 18.7. The predicted octanol–water partition coefficient (Wildman–Crippen LogP) is 1.95. The van der Waals surface area contributed by atoms with Crippen LogP contribution in [0.5, 0.6) is 5.75 Å². The lowest BCUT2D eigenvalue weighted by Gasteiger charge is -2.20. The van der Waals surface area contributed by atoms with Crippen molar-refractivity contribution >= 4 is 17.6 Å². The minimum absolute atomic E-state index is 0.113. The summed E-state index contributed by atoms with van der Waals surface area (Å²) in [6, 6.07) is 12.4. The van der Waals surface area contributed by atoms with Gasteiger partial charge in [0.05, 0.1) is 25.7 Å². The van der Waals surface area contributed by atoms with Crippen LogP contribution in [-0.4, -0.2) is 61.2 Å². The lowest BCUT2D eigenvalue weighted by Crippen LogP contribution is -2.42. The van der Waals surface area contributed by atoms with Gasteiger partial charge in [-0.2, -0.15) is 0 Å². The molecule has 182 valence electrons. The first kappa shape index (κ1) is 23.9. The maximum absolute atomic E-state index is 13.0. The zero-order chi connectivity index (χ0) is 24.1. The third kappa shape index (κ3) is 6.02. The number of halogens is 1. The summed E-state index contributed by atoms with van der Waals surface area (Å²) >= 11 is 0. The Morgan fingerprint density at radius 1 is 1.09 bits per heavy atom. The van der Waals surface area contributed by atoms with E-state index in [0.717, 1.165) is 5.56 Å². The first-order valence-corrected chi connectivity index (χ1v) is 11.1. The second kappa shape index (κ2) is 10.8. The van der Waals surface area contributed by atoms with Gasteiger partial charge in [0.25, 0.3) is 0 Å². The number of hydrogen-bond acceptors (Lipinski definition) is 6. The Morgan fingerprint density at radius 3 is 2.50 bits per heavy atom. The van der Waals surface area contributed by atoms with E-state index < -0.39 is 24.3 Å². The lowest BCUT2D eigenvalue weighted by molar-refractivity contribution is -0.124. The summed E-state index contributed by atoms with van der Waals surface area (Å²) in [7, 11) is 1.56. The normalized spacial score (nSPS) is 25.4. The maximum atomic E-state index is 13.0. The molecular weight excluding hydrogens is 445 g/mol. The summed E-state index contributed by atoms with van der Waals surface area (Å²) in [4.78, 5) is 24.4. The molecule has 2 aromatic carbocycles. The molecule has 0 bridgehead atoms. The van der Waals surface area contributed by atoms with Crippen molar-refractivity contribution in [2.45, 2.75) is 49.9 Å². The molecule has 3 amide bonds. The fraction of sp³-hybridized carbons (Fsp3) is 0.417. The number of aliphatic hydroxyl groups is 1. The first-order chi connectivity index (χ1) is 16.4. The predicted molar refractivity (Wildman–Crippen MR) is 121 cm³/mol. The molecule has 5 unspecified atom stereocenters. The number of amides is 3. The van der Waals surface area contributed by atoms with Gasteiger partial charge in [-0.1, -0.05) is 12.1 Å². The first-order valence-electron chi connectivity index (χ1n) is 11.1. The number of anilines is 1. The number of fused-ring (bicyclic) bond motifs is 1. The number of methoxy groups -OCH3 is 1. The monoisotopic (exact) mass is 473 g/mol. The number of nitrogens with one attached hydrogen (secondary N) is 3.